The molecule has 3 amide bonds. The Balaban J connectivity index is 1.20. The van der Waals surface area contributed by atoms with E-state index in [1.807, 2.05) is 47.2 Å². The molecule has 218 valence electrons. The predicted octanol–water partition coefficient (Wildman–Crippen LogP) is 2.83. The van der Waals surface area contributed by atoms with E-state index in [1.54, 1.807) is 24.1 Å². The molecular weight excluding hydrogens is 524 g/mol. The lowest BCUT2D eigenvalue weighted by molar-refractivity contribution is 0.00819. The maximum Gasteiger partial charge on any atom is 0.407 e. The molecule has 6 rings (SSSR count). The molecule has 2 bridgehead atoms. The van der Waals surface area contributed by atoms with Crippen molar-refractivity contribution in [1.29, 1.82) is 0 Å². The molecular formula is C31H38N4O6. The first-order valence-electron chi connectivity index (χ1n) is 14.5. The van der Waals surface area contributed by atoms with Gasteiger partial charge in [0.1, 0.15) is 0 Å². The van der Waals surface area contributed by atoms with Crippen LogP contribution in [0.25, 0.3) is 0 Å². The van der Waals surface area contributed by atoms with Crippen molar-refractivity contribution in [2.75, 3.05) is 38.7 Å². The van der Waals surface area contributed by atoms with Crippen LogP contribution in [-0.2, 0) is 17.7 Å². The summed E-state index contributed by atoms with van der Waals surface area (Å²) in [7, 11) is 3.64. The summed E-state index contributed by atoms with van der Waals surface area (Å²) in [6.45, 7) is 1.11. The van der Waals surface area contributed by atoms with Gasteiger partial charge in [0, 0.05) is 58.0 Å². The summed E-state index contributed by atoms with van der Waals surface area (Å²) < 4.78 is 5.59. The number of carbonyl (C=O) groups excluding carboxylic acids is 2. The molecule has 2 aromatic carbocycles. The van der Waals surface area contributed by atoms with E-state index in [-0.39, 0.29) is 43.1 Å². The number of ether oxygens (including phenoxy) is 1. The van der Waals surface area contributed by atoms with Crippen molar-refractivity contribution in [1.82, 2.24) is 14.7 Å². The van der Waals surface area contributed by atoms with Gasteiger partial charge in [-0.2, -0.15) is 0 Å². The van der Waals surface area contributed by atoms with Gasteiger partial charge >= 0.3 is 6.09 Å². The third-order valence-electron chi connectivity index (χ3n) is 9.52. The van der Waals surface area contributed by atoms with Crippen molar-refractivity contribution >= 4 is 23.6 Å². The Labute approximate surface area is 240 Å². The number of hydrogen-bond donors (Lipinski definition) is 2. The predicted molar refractivity (Wildman–Crippen MR) is 152 cm³/mol. The topological polar surface area (TPSA) is 114 Å². The van der Waals surface area contributed by atoms with E-state index in [9.17, 15) is 24.6 Å². The highest BCUT2D eigenvalue weighted by molar-refractivity contribution is 6.03. The fourth-order valence-corrected chi connectivity index (χ4v) is 7.25. The lowest BCUT2D eigenvalue weighted by atomic mass is 9.91. The zero-order valence-corrected chi connectivity index (χ0v) is 23.6. The van der Waals surface area contributed by atoms with E-state index < -0.39 is 18.2 Å². The average molecular weight is 563 g/mol. The number of aliphatic hydroxyl groups excluding tert-OH is 1. The van der Waals surface area contributed by atoms with Crippen LogP contribution in [0.3, 0.4) is 0 Å². The number of hydrogen-bond acceptors (Lipinski definition) is 6. The zero-order chi connectivity index (χ0) is 28.8. The molecule has 0 saturated carbocycles. The quantitative estimate of drug-likeness (QED) is 0.576. The highest BCUT2D eigenvalue weighted by Gasteiger charge is 2.44. The van der Waals surface area contributed by atoms with Gasteiger partial charge in [-0.15, -0.1) is 0 Å². The molecule has 4 aliphatic rings. The largest absolute Gasteiger partial charge is 0.465 e. The Morgan fingerprint density at radius 3 is 2.44 bits per heavy atom. The molecule has 4 heterocycles. The second-order valence-corrected chi connectivity index (χ2v) is 11.8. The summed E-state index contributed by atoms with van der Waals surface area (Å²) in [4.78, 5) is 46.3. The van der Waals surface area contributed by atoms with Crippen molar-refractivity contribution in [2.24, 2.45) is 0 Å². The molecule has 2 N–H and O–H groups in total. The van der Waals surface area contributed by atoms with Crippen LogP contribution in [0.5, 0.6) is 0 Å². The molecule has 0 spiro atoms. The first-order chi connectivity index (χ1) is 19.7. The first kappa shape index (κ1) is 27.5. The number of methoxy groups -OCH3 is 1. The zero-order valence-electron chi connectivity index (χ0n) is 23.6. The number of amides is 3. The number of carbonyl (C=O) groups is 3. The first-order valence-corrected chi connectivity index (χ1v) is 14.5. The summed E-state index contributed by atoms with van der Waals surface area (Å²) in [6, 6.07) is 12.6. The van der Waals surface area contributed by atoms with Crippen LogP contribution in [-0.4, -0.2) is 107 Å². The number of rotatable bonds is 5. The van der Waals surface area contributed by atoms with Crippen LogP contribution in [0.1, 0.15) is 57.5 Å². The summed E-state index contributed by atoms with van der Waals surface area (Å²) in [5.74, 6) is -0.236. The van der Waals surface area contributed by atoms with Gasteiger partial charge in [0.25, 0.3) is 11.8 Å². The van der Waals surface area contributed by atoms with Gasteiger partial charge in [-0.05, 0) is 61.4 Å². The van der Waals surface area contributed by atoms with Crippen LogP contribution < -0.4 is 4.90 Å². The van der Waals surface area contributed by atoms with Crippen LogP contribution in [0.15, 0.2) is 42.5 Å². The Hall–Kier alpha value is -3.63. The molecule has 4 atom stereocenters. The van der Waals surface area contributed by atoms with Gasteiger partial charge in [0.05, 0.1) is 29.5 Å². The fraction of sp³-hybridized carbons (Fsp3) is 0.516. The monoisotopic (exact) mass is 562 g/mol. The van der Waals surface area contributed by atoms with Crippen molar-refractivity contribution in [2.45, 2.75) is 69.0 Å². The Kier molecular flexibility index (Phi) is 7.37. The third kappa shape index (κ3) is 5.04. The molecule has 41 heavy (non-hydrogen) atoms. The second-order valence-electron chi connectivity index (χ2n) is 11.8. The molecule has 0 radical (unpaired) electrons. The minimum atomic E-state index is -1.09. The molecule has 10 nitrogen and oxygen atoms in total. The van der Waals surface area contributed by atoms with Crippen molar-refractivity contribution in [3.05, 3.63) is 64.7 Å². The number of nitrogens with zero attached hydrogens (tertiary/aromatic N) is 4. The van der Waals surface area contributed by atoms with Crippen molar-refractivity contribution in [3.8, 4) is 0 Å². The summed E-state index contributed by atoms with van der Waals surface area (Å²) in [5.41, 5.74) is 3.68. The number of aliphatic hydroxyl groups is 1. The molecule has 2 fully saturated rings. The standard InChI is InChI=1S/C31H38N4O6/c1-32-11-12-33(18-28(36)27-13-19-5-3-4-6-21(19)17-34(27)31(39)40)30(38)25-10-7-20(14-26(25)32)29(37)35-22-8-9-23(35)16-24(15-22)41-2/h3-7,10,14,22-24,27-28,36H,8-9,11-13,15-18H2,1-2H3,(H,39,40)/t22?,23?,24?,27-,28+/m0/s1. The van der Waals surface area contributed by atoms with Crippen LogP contribution in [0.4, 0.5) is 10.5 Å². The number of fused-ring (bicyclic) bond motifs is 4. The molecule has 0 aromatic heterocycles. The van der Waals surface area contributed by atoms with E-state index in [2.05, 4.69) is 0 Å². The van der Waals surface area contributed by atoms with E-state index >= 15 is 0 Å². The van der Waals surface area contributed by atoms with Gasteiger partial charge < -0.3 is 29.6 Å². The summed E-state index contributed by atoms with van der Waals surface area (Å²) in [6.07, 6.45) is 2.12. The maximum absolute atomic E-state index is 13.7. The second kappa shape index (κ2) is 11.0. The minimum absolute atomic E-state index is 0.00132. The van der Waals surface area contributed by atoms with Gasteiger partial charge in [-0.25, -0.2) is 4.79 Å². The van der Waals surface area contributed by atoms with Gasteiger partial charge in [0.15, 0.2) is 0 Å². The summed E-state index contributed by atoms with van der Waals surface area (Å²) >= 11 is 0. The van der Waals surface area contributed by atoms with Crippen LogP contribution in [0, 0.1) is 0 Å². The van der Waals surface area contributed by atoms with E-state index in [0.29, 0.717) is 36.3 Å². The molecule has 2 saturated heterocycles. The van der Waals surface area contributed by atoms with Crippen LogP contribution >= 0.6 is 0 Å². The fourth-order valence-electron chi connectivity index (χ4n) is 7.25. The highest BCUT2D eigenvalue weighted by Crippen LogP contribution is 2.38. The normalized spacial score (nSPS) is 26.4. The summed E-state index contributed by atoms with van der Waals surface area (Å²) in [5, 5.41) is 21.1. The Morgan fingerprint density at radius 2 is 1.76 bits per heavy atom. The molecule has 2 aromatic rings. The SMILES string of the molecule is COC1CC2CCC(C1)N2C(=O)c1ccc2c(c1)N(C)CCN(C[C@@H](O)[C@@H]1Cc3ccccc3CN1C(=O)O)C2=O. The van der Waals surface area contributed by atoms with Crippen molar-refractivity contribution in [3.63, 3.8) is 0 Å². The molecule has 4 aliphatic heterocycles. The van der Waals surface area contributed by atoms with E-state index in [1.165, 1.54) is 4.90 Å². The number of benzene rings is 2. The average Bonchev–Trinajstić information content (AvgIpc) is 3.18. The van der Waals surface area contributed by atoms with Crippen LogP contribution in [0.2, 0.25) is 0 Å². The minimum Gasteiger partial charge on any atom is -0.465 e. The maximum atomic E-state index is 13.7. The Morgan fingerprint density at radius 1 is 1.05 bits per heavy atom. The van der Waals surface area contributed by atoms with Crippen molar-refractivity contribution < 1.29 is 29.3 Å². The van der Waals surface area contributed by atoms with Gasteiger partial charge in [0.2, 0.25) is 0 Å². The van der Waals surface area contributed by atoms with E-state index in [0.717, 1.165) is 36.8 Å². The number of anilines is 1. The Bertz CT molecular complexity index is 1340. The smallest absolute Gasteiger partial charge is 0.407 e. The number of piperidine rings is 1. The molecule has 10 heteroatoms. The van der Waals surface area contributed by atoms with Gasteiger partial charge in [-0.3, -0.25) is 14.5 Å². The lowest BCUT2D eigenvalue weighted by Gasteiger charge is -2.39. The molecule has 2 unspecified atom stereocenters. The number of likely N-dealkylation sites (N-methyl/N-ethyl adjacent to an activating group) is 1. The number of carboxylic acid groups (broad SMARTS) is 1. The molecule has 0 aliphatic carbocycles. The van der Waals surface area contributed by atoms with E-state index in [4.69, 9.17) is 4.74 Å². The third-order valence-corrected chi connectivity index (χ3v) is 9.52. The van der Waals surface area contributed by atoms with Gasteiger partial charge in [-0.1, -0.05) is 24.3 Å². The lowest BCUT2D eigenvalue weighted by Crippen LogP contribution is -2.54. The number of β-amino-alcohol motifs (C(OH)–C–C–N with tert-alkyl or cyclic N) is 1. The highest BCUT2D eigenvalue weighted by atomic mass is 16.5.